The minimum absolute atomic E-state index is 0.402. The van der Waals surface area contributed by atoms with Crippen LogP contribution in [0.3, 0.4) is 0 Å². The zero-order valence-corrected chi connectivity index (χ0v) is 9.03. The maximum absolute atomic E-state index is 5.73. The lowest BCUT2D eigenvalue weighted by atomic mass is 10.1. The van der Waals surface area contributed by atoms with E-state index in [9.17, 15) is 0 Å². The van der Waals surface area contributed by atoms with Gasteiger partial charge < -0.3 is 14.6 Å². The van der Waals surface area contributed by atoms with Gasteiger partial charge in [0.2, 0.25) is 5.89 Å². The van der Waals surface area contributed by atoms with E-state index in [-0.39, 0.29) is 0 Å². The lowest BCUT2D eigenvalue weighted by molar-refractivity contribution is 0.0340. The molecule has 2 heterocycles. The summed E-state index contributed by atoms with van der Waals surface area (Å²) >= 11 is 0. The number of hydrogen-bond donors (Lipinski definition) is 1. The van der Waals surface area contributed by atoms with Crippen molar-refractivity contribution in [1.29, 1.82) is 0 Å². The molecule has 0 amide bonds. The average molecular weight is 211 g/mol. The number of aryl methyl sites for hydroxylation is 1. The van der Waals surface area contributed by atoms with Crippen LogP contribution in [0.5, 0.6) is 0 Å². The van der Waals surface area contributed by atoms with Crippen molar-refractivity contribution in [1.82, 2.24) is 15.5 Å². The molecule has 1 fully saturated rings. The van der Waals surface area contributed by atoms with Gasteiger partial charge >= 0.3 is 0 Å². The second-order valence-corrected chi connectivity index (χ2v) is 3.80. The van der Waals surface area contributed by atoms with Crippen LogP contribution in [0.2, 0.25) is 0 Å². The molecule has 1 N–H and O–H groups in total. The van der Waals surface area contributed by atoms with Crippen LogP contribution in [0.25, 0.3) is 0 Å². The zero-order chi connectivity index (χ0) is 10.5. The van der Waals surface area contributed by atoms with Crippen LogP contribution in [-0.2, 0) is 11.2 Å². The maximum Gasteiger partial charge on any atom is 0.223 e. The molecule has 0 bridgehead atoms. The highest BCUT2D eigenvalue weighted by Crippen LogP contribution is 2.07. The summed E-state index contributed by atoms with van der Waals surface area (Å²) in [5, 5.41) is 7.13. The SMILES string of the molecule is Cc1nc(CCOC2CCNCC2)no1. The number of ether oxygens (including phenoxy) is 1. The first-order valence-corrected chi connectivity index (χ1v) is 5.46. The highest BCUT2D eigenvalue weighted by molar-refractivity contribution is 4.83. The van der Waals surface area contributed by atoms with Crippen LogP contribution in [0.4, 0.5) is 0 Å². The summed E-state index contributed by atoms with van der Waals surface area (Å²) in [4.78, 5) is 4.12. The van der Waals surface area contributed by atoms with Gasteiger partial charge in [0.25, 0.3) is 0 Å². The summed E-state index contributed by atoms with van der Waals surface area (Å²) in [6.07, 6.45) is 3.34. The number of nitrogens with one attached hydrogen (secondary N) is 1. The Morgan fingerprint density at radius 1 is 1.47 bits per heavy atom. The molecular formula is C10H17N3O2. The monoisotopic (exact) mass is 211 g/mol. The molecule has 5 heteroatoms. The van der Waals surface area contributed by atoms with Gasteiger partial charge in [-0.1, -0.05) is 5.16 Å². The molecular weight excluding hydrogens is 194 g/mol. The Hall–Kier alpha value is -0.940. The Morgan fingerprint density at radius 2 is 2.27 bits per heavy atom. The standard InChI is InChI=1S/C10H17N3O2/c1-8-12-10(13-15-8)4-7-14-9-2-5-11-6-3-9/h9,11H,2-7H2,1H3. The second kappa shape index (κ2) is 5.23. The molecule has 2 rings (SSSR count). The first kappa shape index (κ1) is 10.6. The van der Waals surface area contributed by atoms with E-state index >= 15 is 0 Å². The highest BCUT2D eigenvalue weighted by atomic mass is 16.5. The minimum atomic E-state index is 0.402. The van der Waals surface area contributed by atoms with Crippen molar-refractivity contribution in [3.8, 4) is 0 Å². The lowest BCUT2D eigenvalue weighted by Crippen LogP contribution is -2.32. The quantitative estimate of drug-likeness (QED) is 0.794. The third kappa shape index (κ3) is 3.28. The summed E-state index contributed by atoms with van der Waals surface area (Å²) in [5.41, 5.74) is 0. The van der Waals surface area contributed by atoms with E-state index in [0.29, 0.717) is 18.6 Å². The lowest BCUT2D eigenvalue weighted by Gasteiger charge is -2.22. The van der Waals surface area contributed by atoms with Crippen molar-refractivity contribution >= 4 is 0 Å². The van der Waals surface area contributed by atoms with Gasteiger partial charge in [0, 0.05) is 13.3 Å². The van der Waals surface area contributed by atoms with Gasteiger partial charge in [-0.2, -0.15) is 4.98 Å². The van der Waals surface area contributed by atoms with Crippen LogP contribution >= 0.6 is 0 Å². The Kier molecular flexibility index (Phi) is 3.69. The average Bonchev–Trinajstić information content (AvgIpc) is 2.66. The van der Waals surface area contributed by atoms with Crippen LogP contribution in [0.15, 0.2) is 4.52 Å². The van der Waals surface area contributed by atoms with Crippen LogP contribution < -0.4 is 5.32 Å². The smallest absolute Gasteiger partial charge is 0.223 e. The predicted octanol–water partition coefficient (Wildman–Crippen LogP) is 0.689. The Labute approximate surface area is 89.2 Å². The topological polar surface area (TPSA) is 60.2 Å². The van der Waals surface area contributed by atoms with E-state index in [1.54, 1.807) is 6.92 Å². The Morgan fingerprint density at radius 3 is 2.93 bits per heavy atom. The molecule has 0 aliphatic carbocycles. The van der Waals surface area contributed by atoms with Crippen molar-refractivity contribution in [2.75, 3.05) is 19.7 Å². The van der Waals surface area contributed by atoms with E-state index in [1.807, 2.05) is 0 Å². The van der Waals surface area contributed by atoms with E-state index in [1.165, 1.54) is 0 Å². The zero-order valence-electron chi connectivity index (χ0n) is 9.03. The van der Waals surface area contributed by atoms with Gasteiger partial charge in [-0.15, -0.1) is 0 Å². The third-order valence-electron chi connectivity index (χ3n) is 2.54. The number of piperidine rings is 1. The van der Waals surface area contributed by atoms with E-state index in [4.69, 9.17) is 9.26 Å². The molecule has 15 heavy (non-hydrogen) atoms. The summed E-state index contributed by atoms with van der Waals surface area (Å²) in [6, 6.07) is 0. The van der Waals surface area contributed by atoms with Gasteiger partial charge in [0.1, 0.15) is 0 Å². The molecule has 1 aliphatic heterocycles. The van der Waals surface area contributed by atoms with Crippen LogP contribution in [0.1, 0.15) is 24.6 Å². The summed E-state index contributed by atoms with van der Waals surface area (Å²) in [6.45, 7) is 4.60. The number of aromatic nitrogens is 2. The molecule has 1 saturated heterocycles. The molecule has 0 spiro atoms. The van der Waals surface area contributed by atoms with Crippen molar-refractivity contribution < 1.29 is 9.26 Å². The van der Waals surface area contributed by atoms with Crippen molar-refractivity contribution in [3.63, 3.8) is 0 Å². The second-order valence-electron chi connectivity index (χ2n) is 3.80. The Balaban J connectivity index is 1.65. The summed E-state index contributed by atoms with van der Waals surface area (Å²) in [5.74, 6) is 1.35. The molecule has 1 aromatic rings. The van der Waals surface area contributed by atoms with Crippen molar-refractivity contribution in [2.45, 2.75) is 32.3 Å². The molecule has 84 valence electrons. The van der Waals surface area contributed by atoms with Crippen molar-refractivity contribution in [2.24, 2.45) is 0 Å². The van der Waals surface area contributed by atoms with Gasteiger partial charge in [-0.25, -0.2) is 0 Å². The van der Waals surface area contributed by atoms with Crippen molar-refractivity contribution in [3.05, 3.63) is 11.7 Å². The molecule has 1 aromatic heterocycles. The fourth-order valence-corrected chi connectivity index (χ4v) is 1.72. The molecule has 1 aliphatic rings. The molecule has 5 nitrogen and oxygen atoms in total. The first-order valence-electron chi connectivity index (χ1n) is 5.46. The molecule has 0 atom stereocenters. The fourth-order valence-electron chi connectivity index (χ4n) is 1.72. The number of rotatable bonds is 4. The molecule has 0 aromatic carbocycles. The molecule has 0 unspecified atom stereocenters. The molecule has 0 saturated carbocycles. The normalized spacial score (nSPS) is 18.2. The van der Waals surface area contributed by atoms with Gasteiger partial charge in [0.15, 0.2) is 5.82 Å². The van der Waals surface area contributed by atoms with Gasteiger partial charge in [-0.3, -0.25) is 0 Å². The van der Waals surface area contributed by atoms with Gasteiger partial charge in [0.05, 0.1) is 12.7 Å². The minimum Gasteiger partial charge on any atom is -0.378 e. The predicted molar refractivity (Wildman–Crippen MR) is 54.6 cm³/mol. The first-order chi connectivity index (χ1) is 7.34. The van der Waals surface area contributed by atoms with E-state index < -0.39 is 0 Å². The van der Waals surface area contributed by atoms with E-state index in [2.05, 4.69) is 15.5 Å². The Bertz CT molecular complexity index is 295. The fraction of sp³-hybridized carbons (Fsp3) is 0.800. The summed E-state index contributed by atoms with van der Waals surface area (Å²) < 4.78 is 10.6. The van der Waals surface area contributed by atoms with Gasteiger partial charge in [-0.05, 0) is 25.9 Å². The van der Waals surface area contributed by atoms with Crippen LogP contribution in [0, 0.1) is 6.92 Å². The third-order valence-corrected chi connectivity index (χ3v) is 2.54. The highest BCUT2D eigenvalue weighted by Gasteiger charge is 2.13. The number of hydrogen-bond acceptors (Lipinski definition) is 5. The van der Waals surface area contributed by atoms with Crippen LogP contribution in [-0.4, -0.2) is 35.9 Å². The summed E-state index contributed by atoms with van der Waals surface area (Å²) in [7, 11) is 0. The number of nitrogens with zero attached hydrogens (tertiary/aromatic N) is 2. The molecule has 0 radical (unpaired) electrons. The largest absolute Gasteiger partial charge is 0.378 e. The maximum atomic E-state index is 5.73. The van der Waals surface area contributed by atoms with E-state index in [0.717, 1.165) is 38.2 Å².